The highest BCUT2D eigenvalue weighted by Crippen LogP contribution is 2.37. The number of carbonyl (C=O) groups is 1. The van der Waals surface area contributed by atoms with Gasteiger partial charge in [0.25, 0.3) is 5.56 Å². The molecule has 1 saturated heterocycles. The van der Waals surface area contributed by atoms with Gasteiger partial charge in [-0.1, -0.05) is 26.0 Å². The van der Waals surface area contributed by atoms with Gasteiger partial charge in [-0.25, -0.2) is 27.6 Å². The van der Waals surface area contributed by atoms with Gasteiger partial charge in [0, 0.05) is 60.2 Å². The highest BCUT2D eigenvalue weighted by atomic mass is 19.1. The normalized spacial score (nSPS) is 14.6. The van der Waals surface area contributed by atoms with Crippen molar-refractivity contribution in [1.29, 1.82) is 0 Å². The first-order chi connectivity index (χ1) is 23.3. The molecular weight excluding hydrogens is 634 g/mol. The van der Waals surface area contributed by atoms with Gasteiger partial charge in [0.2, 0.25) is 5.91 Å². The monoisotopic (exact) mass is 672 g/mol. The number of nitrogens with zero attached hydrogens (tertiary/aromatic N) is 6. The Morgan fingerprint density at radius 2 is 1.71 bits per heavy atom. The van der Waals surface area contributed by atoms with E-state index in [9.17, 15) is 28.3 Å². The number of nitrogens with one attached hydrogen (secondary N) is 1. The van der Waals surface area contributed by atoms with Crippen molar-refractivity contribution in [3.8, 4) is 16.8 Å². The standard InChI is InChI=1S/C35H38F2N8O4/c1-19(2)33(47)42-13-11-22(12-14-42)28-16-25(30-31(38)39-18-40-45(28)30)21-5-8-24(9-6-21)41-32(46)26-17-43(20(3)4)35(49)44(34(26)48)29-15-23(36)7-10-27(29)37/h5-10,15-20,22,32,41,46H,11-14H2,1-4H3,(H2,38,39,40). The zero-order valence-electron chi connectivity index (χ0n) is 27.6. The van der Waals surface area contributed by atoms with Crippen LogP contribution in [0.4, 0.5) is 20.3 Å². The van der Waals surface area contributed by atoms with Crippen LogP contribution in [0.25, 0.3) is 22.3 Å². The molecule has 0 bridgehead atoms. The highest BCUT2D eigenvalue weighted by molar-refractivity contribution is 5.88. The smallest absolute Gasteiger partial charge is 0.335 e. The van der Waals surface area contributed by atoms with Crippen LogP contribution in [0, 0.1) is 17.6 Å². The van der Waals surface area contributed by atoms with E-state index in [2.05, 4.69) is 15.4 Å². The minimum Gasteiger partial charge on any atom is -0.382 e. The molecule has 256 valence electrons. The van der Waals surface area contributed by atoms with Crippen molar-refractivity contribution in [2.75, 3.05) is 24.1 Å². The molecule has 4 N–H and O–H groups in total. The second-order valence-electron chi connectivity index (χ2n) is 12.9. The van der Waals surface area contributed by atoms with E-state index in [-0.39, 0.29) is 23.3 Å². The van der Waals surface area contributed by atoms with Crippen LogP contribution >= 0.6 is 0 Å². The number of halogens is 2. The summed E-state index contributed by atoms with van der Waals surface area (Å²) in [6.45, 7) is 8.50. The number of likely N-dealkylation sites (tertiary alicyclic amines) is 1. The zero-order chi connectivity index (χ0) is 35.1. The van der Waals surface area contributed by atoms with Gasteiger partial charge in [0.1, 0.15) is 23.5 Å². The lowest BCUT2D eigenvalue weighted by Gasteiger charge is -2.33. The maximum atomic E-state index is 14.7. The Hall–Kier alpha value is -5.37. The molecule has 4 heterocycles. The summed E-state index contributed by atoms with van der Waals surface area (Å²) >= 11 is 0. The predicted octanol–water partition coefficient (Wildman–Crippen LogP) is 4.62. The average molecular weight is 673 g/mol. The van der Waals surface area contributed by atoms with Gasteiger partial charge >= 0.3 is 5.69 Å². The van der Waals surface area contributed by atoms with E-state index in [4.69, 9.17) is 5.73 Å². The molecule has 1 aliphatic rings. The summed E-state index contributed by atoms with van der Waals surface area (Å²) in [5.74, 6) is -1.23. The number of amides is 1. The fraction of sp³-hybridized carbons (Fsp3) is 0.343. The lowest BCUT2D eigenvalue weighted by Crippen LogP contribution is -2.42. The predicted molar refractivity (Wildman–Crippen MR) is 181 cm³/mol. The SMILES string of the molecule is CC(C)C(=O)N1CCC(c2cc(-c3ccc(NC(O)c4cn(C(C)C)c(=O)n(-c5cc(F)ccc5F)c4=O)cc3)c3c(N)ncnn23)CC1. The molecule has 0 saturated carbocycles. The van der Waals surface area contributed by atoms with Gasteiger partial charge in [0.05, 0.1) is 11.3 Å². The summed E-state index contributed by atoms with van der Waals surface area (Å²) in [6, 6.07) is 11.1. The number of hydrogen-bond acceptors (Lipinski definition) is 8. The number of nitrogens with two attached hydrogens (primary N) is 1. The second kappa shape index (κ2) is 13.3. The molecule has 1 aliphatic heterocycles. The van der Waals surface area contributed by atoms with E-state index < -0.39 is 40.8 Å². The molecule has 12 nitrogen and oxygen atoms in total. The Balaban J connectivity index is 1.30. The van der Waals surface area contributed by atoms with E-state index in [1.165, 1.54) is 17.1 Å². The number of rotatable bonds is 8. The number of piperidine rings is 1. The van der Waals surface area contributed by atoms with Gasteiger partial charge in [-0.2, -0.15) is 5.10 Å². The summed E-state index contributed by atoms with van der Waals surface area (Å²) in [7, 11) is 0. The molecule has 0 aliphatic carbocycles. The lowest BCUT2D eigenvalue weighted by atomic mass is 9.92. The molecule has 3 aromatic heterocycles. The first-order valence-corrected chi connectivity index (χ1v) is 16.1. The number of fused-ring (bicyclic) bond motifs is 1. The molecule has 2 aromatic carbocycles. The van der Waals surface area contributed by atoms with E-state index in [1.54, 1.807) is 26.0 Å². The van der Waals surface area contributed by atoms with E-state index in [0.29, 0.717) is 34.7 Å². The molecule has 1 unspecified atom stereocenters. The van der Waals surface area contributed by atoms with Gasteiger partial charge in [0.15, 0.2) is 12.0 Å². The average Bonchev–Trinajstić information content (AvgIpc) is 3.47. The van der Waals surface area contributed by atoms with Crippen molar-refractivity contribution in [2.24, 2.45) is 5.92 Å². The fourth-order valence-electron chi connectivity index (χ4n) is 6.36. The number of hydrogen-bond donors (Lipinski definition) is 3. The second-order valence-corrected chi connectivity index (χ2v) is 12.9. The summed E-state index contributed by atoms with van der Waals surface area (Å²) in [6.07, 6.45) is 2.60. The molecular formula is C35H38F2N8O4. The third-order valence-electron chi connectivity index (χ3n) is 8.97. The summed E-state index contributed by atoms with van der Waals surface area (Å²) in [5, 5.41) is 18.5. The van der Waals surface area contributed by atoms with Crippen LogP contribution in [0.1, 0.15) is 70.0 Å². The number of aromatic nitrogens is 5. The molecule has 1 amide bonds. The van der Waals surface area contributed by atoms with Crippen LogP contribution < -0.4 is 22.3 Å². The van der Waals surface area contributed by atoms with Gasteiger partial charge in [-0.05, 0) is 62.6 Å². The maximum Gasteiger partial charge on any atom is 0.335 e. The highest BCUT2D eigenvalue weighted by Gasteiger charge is 2.29. The number of benzene rings is 2. The van der Waals surface area contributed by atoms with Gasteiger partial charge in [-0.15, -0.1) is 0 Å². The first-order valence-electron chi connectivity index (χ1n) is 16.1. The zero-order valence-corrected chi connectivity index (χ0v) is 27.6. The molecule has 49 heavy (non-hydrogen) atoms. The number of carbonyl (C=O) groups excluding carboxylic acids is 1. The first kappa shape index (κ1) is 33.5. The van der Waals surface area contributed by atoms with Crippen LogP contribution in [0.15, 0.2) is 70.6 Å². The molecule has 14 heteroatoms. The van der Waals surface area contributed by atoms with Crippen molar-refractivity contribution in [3.05, 3.63) is 105 Å². The maximum absolute atomic E-state index is 14.7. The van der Waals surface area contributed by atoms with Crippen LogP contribution in [0.2, 0.25) is 0 Å². The molecule has 1 atom stereocenters. The number of aliphatic hydroxyl groups is 1. The van der Waals surface area contributed by atoms with Crippen LogP contribution in [-0.4, -0.2) is 52.7 Å². The molecule has 6 rings (SSSR count). The summed E-state index contributed by atoms with van der Waals surface area (Å²) in [4.78, 5) is 45.3. The number of anilines is 2. The topological polar surface area (TPSA) is 153 Å². The quantitative estimate of drug-likeness (QED) is 0.202. The minimum atomic E-state index is -1.61. The van der Waals surface area contributed by atoms with Crippen molar-refractivity contribution in [3.63, 3.8) is 0 Å². The van der Waals surface area contributed by atoms with Crippen molar-refractivity contribution < 1.29 is 18.7 Å². The molecule has 1 fully saturated rings. The van der Waals surface area contributed by atoms with Crippen molar-refractivity contribution in [1.82, 2.24) is 28.6 Å². The summed E-state index contributed by atoms with van der Waals surface area (Å²) < 4.78 is 32.3. The number of aliphatic hydroxyl groups excluding tert-OH is 1. The Morgan fingerprint density at radius 1 is 1.02 bits per heavy atom. The Labute approximate surface area is 280 Å². The van der Waals surface area contributed by atoms with Gasteiger partial charge < -0.3 is 21.1 Å². The van der Waals surface area contributed by atoms with E-state index >= 15 is 0 Å². The van der Waals surface area contributed by atoms with Crippen LogP contribution in [0.5, 0.6) is 0 Å². The lowest BCUT2D eigenvalue weighted by molar-refractivity contribution is -0.135. The molecule has 0 spiro atoms. The fourth-order valence-corrected chi connectivity index (χ4v) is 6.36. The Bertz CT molecular complexity index is 2150. The van der Waals surface area contributed by atoms with E-state index in [1.807, 2.05) is 41.5 Å². The van der Waals surface area contributed by atoms with Crippen LogP contribution in [0.3, 0.4) is 0 Å². The Kier molecular flexibility index (Phi) is 9.08. The van der Waals surface area contributed by atoms with Crippen LogP contribution in [-0.2, 0) is 4.79 Å². The van der Waals surface area contributed by atoms with Gasteiger partial charge in [-0.3, -0.25) is 14.2 Å². The third kappa shape index (κ3) is 6.31. The van der Waals surface area contributed by atoms with Crippen molar-refractivity contribution >= 4 is 22.9 Å². The largest absolute Gasteiger partial charge is 0.382 e. The summed E-state index contributed by atoms with van der Waals surface area (Å²) in [5.41, 5.74) is 7.36. The van der Waals surface area contributed by atoms with Crippen molar-refractivity contribution in [2.45, 2.75) is 58.7 Å². The van der Waals surface area contributed by atoms with E-state index in [0.717, 1.165) is 47.9 Å². The minimum absolute atomic E-state index is 0.0540. The third-order valence-corrected chi connectivity index (χ3v) is 8.97. The molecule has 0 radical (unpaired) electrons. The Morgan fingerprint density at radius 3 is 2.37 bits per heavy atom. The number of nitrogen functional groups attached to an aromatic ring is 1. The molecule has 5 aromatic rings.